The van der Waals surface area contributed by atoms with Crippen LogP contribution in [0.25, 0.3) is 0 Å². The number of cyclic esters (lactones) is 2. The Labute approximate surface area is 230 Å². The highest BCUT2D eigenvalue weighted by Gasteiger charge is 2.54. The molecule has 2 fully saturated rings. The van der Waals surface area contributed by atoms with Gasteiger partial charge in [0.2, 0.25) is 11.8 Å². The summed E-state index contributed by atoms with van der Waals surface area (Å²) in [5.74, 6) is -2.12. The zero-order valence-corrected chi connectivity index (χ0v) is 23.7. The summed E-state index contributed by atoms with van der Waals surface area (Å²) < 4.78 is 11.2. The van der Waals surface area contributed by atoms with Crippen molar-refractivity contribution < 1.29 is 28.7 Å². The second-order valence-electron chi connectivity index (χ2n) is 12.0. The quantitative estimate of drug-likeness (QED) is 0.415. The normalized spacial score (nSPS) is 23.4. The molecule has 0 N–H and O–H groups in total. The van der Waals surface area contributed by atoms with Crippen LogP contribution in [0.3, 0.4) is 0 Å². The van der Waals surface area contributed by atoms with E-state index in [2.05, 4.69) is 0 Å². The second-order valence-corrected chi connectivity index (χ2v) is 12.0. The van der Waals surface area contributed by atoms with Crippen molar-refractivity contribution in [3.8, 4) is 0 Å². The van der Waals surface area contributed by atoms with Crippen LogP contribution in [0.2, 0.25) is 0 Å². The fourth-order valence-electron chi connectivity index (χ4n) is 6.17. The van der Waals surface area contributed by atoms with Crippen LogP contribution in [0.4, 0.5) is 9.59 Å². The molecule has 4 rings (SSSR count). The number of hydrogen-bond donors (Lipinski definition) is 0. The van der Waals surface area contributed by atoms with Crippen LogP contribution in [-0.4, -0.2) is 45.0 Å². The van der Waals surface area contributed by atoms with E-state index in [0.29, 0.717) is 0 Å². The minimum Gasteiger partial charge on any atom is -0.440 e. The minimum absolute atomic E-state index is 0.0641. The van der Waals surface area contributed by atoms with Crippen LogP contribution in [0.5, 0.6) is 0 Å². The highest BCUT2D eigenvalue weighted by Crippen LogP contribution is 2.44. The van der Waals surface area contributed by atoms with Crippen molar-refractivity contribution in [3.63, 3.8) is 0 Å². The predicted octanol–water partition coefficient (Wildman–Crippen LogP) is 6.28. The average molecular weight is 535 g/mol. The summed E-state index contributed by atoms with van der Waals surface area (Å²) >= 11 is 0. The largest absolute Gasteiger partial charge is 0.440 e. The fraction of sp³-hybridized carbons (Fsp3) is 0.484. The lowest BCUT2D eigenvalue weighted by Gasteiger charge is -2.34. The molecule has 0 aliphatic carbocycles. The number of ether oxygens (including phenoxy) is 2. The highest BCUT2D eigenvalue weighted by atomic mass is 16.6. The Bertz CT molecular complexity index is 1240. The monoisotopic (exact) mass is 534 g/mol. The van der Waals surface area contributed by atoms with Gasteiger partial charge in [0.1, 0.15) is 23.3 Å². The van der Waals surface area contributed by atoms with E-state index in [0.717, 1.165) is 11.1 Å². The molecule has 4 atom stereocenters. The molecule has 0 saturated carbocycles. The summed E-state index contributed by atoms with van der Waals surface area (Å²) in [5, 5.41) is 0. The Morgan fingerprint density at radius 3 is 1.59 bits per heavy atom. The molecule has 2 heterocycles. The van der Waals surface area contributed by atoms with E-state index in [4.69, 9.17) is 9.47 Å². The summed E-state index contributed by atoms with van der Waals surface area (Å²) in [6.45, 7) is 12.7. The zero-order chi connectivity index (χ0) is 28.7. The molecule has 8 heteroatoms. The lowest BCUT2D eigenvalue weighted by molar-refractivity contribution is -0.139. The van der Waals surface area contributed by atoms with Crippen LogP contribution in [0.1, 0.15) is 78.1 Å². The van der Waals surface area contributed by atoms with Crippen LogP contribution >= 0.6 is 0 Å². The standard InChI is InChI=1S/C31H38N2O6/c1-19(2)24(27(35)33-26(22-16-12-9-13-17-22)31(6,7)39-29(33)37)20(3)18-23(34)32-25(21-14-10-8-11-15-21)30(4,5)38-28(32)36/h8-17,19-20,24-26H,18H2,1-7H3/t20-,24-,25-,26-/m0/s1. The van der Waals surface area contributed by atoms with Gasteiger partial charge in [0, 0.05) is 12.3 Å². The molecular formula is C31H38N2O6. The van der Waals surface area contributed by atoms with E-state index in [1.54, 1.807) is 27.7 Å². The van der Waals surface area contributed by atoms with Crippen molar-refractivity contribution in [1.29, 1.82) is 0 Å². The van der Waals surface area contributed by atoms with Crippen LogP contribution in [0, 0.1) is 17.8 Å². The van der Waals surface area contributed by atoms with Crippen molar-refractivity contribution in [3.05, 3.63) is 71.8 Å². The Balaban J connectivity index is 1.61. The first-order chi connectivity index (χ1) is 18.3. The minimum atomic E-state index is -0.928. The Kier molecular flexibility index (Phi) is 7.61. The Morgan fingerprint density at radius 1 is 0.744 bits per heavy atom. The van der Waals surface area contributed by atoms with E-state index in [1.165, 1.54) is 9.80 Å². The van der Waals surface area contributed by atoms with E-state index in [9.17, 15) is 19.2 Å². The smallest absolute Gasteiger partial charge is 0.417 e. The molecule has 0 aromatic heterocycles. The van der Waals surface area contributed by atoms with E-state index in [-0.39, 0.29) is 12.3 Å². The van der Waals surface area contributed by atoms with Gasteiger partial charge < -0.3 is 9.47 Å². The molecule has 0 radical (unpaired) electrons. The molecule has 0 bridgehead atoms. The molecule has 2 aliphatic heterocycles. The molecule has 208 valence electrons. The van der Waals surface area contributed by atoms with Crippen molar-refractivity contribution in [1.82, 2.24) is 9.80 Å². The SMILES string of the molecule is CC(C)[C@H](C(=O)N1C(=O)OC(C)(C)[C@@H]1c1ccccc1)[C@@H](C)CC(=O)N1C(=O)OC(C)(C)[C@@H]1c1ccccc1. The summed E-state index contributed by atoms with van der Waals surface area (Å²) in [7, 11) is 0. The third-order valence-electron chi connectivity index (χ3n) is 7.78. The van der Waals surface area contributed by atoms with Crippen molar-refractivity contribution in [2.75, 3.05) is 0 Å². The van der Waals surface area contributed by atoms with E-state index < -0.39 is 59.1 Å². The van der Waals surface area contributed by atoms with Gasteiger partial charge in [-0.25, -0.2) is 19.4 Å². The first-order valence-electron chi connectivity index (χ1n) is 13.5. The molecule has 2 saturated heterocycles. The summed E-state index contributed by atoms with van der Waals surface area (Å²) in [6, 6.07) is 17.4. The van der Waals surface area contributed by atoms with Gasteiger partial charge in [-0.1, -0.05) is 81.4 Å². The third-order valence-corrected chi connectivity index (χ3v) is 7.78. The Morgan fingerprint density at radius 2 is 1.15 bits per heavy atom. The molecule has 0 spiro atoms. The number of carbonyl (C=O) groups excluding carboxylic acids is 4. The van der Waals surface area contributed by atoms with Gasteiger partial charge in [0.05, 0.1) is 0 Å². The fourth-order valence-corrected chi connectivity index (χ4v) is 6.17. The number of hydrogen-bond acceptors (Lipinski definition) is 6. The molecule has 4 amide bonds. The van der Waals surface area contributed by atoms with E-state index >= 15 is 0 Å². The van der Waals surface area contributed by atoms with Gasteiger partial charge in [0.15, 0.2) is 0 Å². The number of imide groups is 2. The molecular weight excluding hydrogens is 496 g/mol. The molecule has 2 aromatic rings. The van der Waals surface area contributed by atoms with Gasteiger partial charge in [-0.05, 0) is 50.7 Å². The zero-order valence-electron chi connectivity index (χ0n) is 23.7. The molecule has 2 aliphatic rings. The molecule has 0 unspecified atom stereocenters. The lowest BCUT2D eigenvalue weighted by Crippen LogP contribution is -2.45. The average Bonchev–Trinajstić information content (AvgIpc) is 3.25. The van der Waals surface area contributed by atoms with Gasteiger partial charge >= 0.3 is 12.2 Å². The number of benzene rings is 2. The van der Waals surface area contributed by atoms with Crippen LogP contribution < -0.4 is 0 Å². The van der Waals surface area contributed by atoms with Gasteiger partial charge in [-0.3, -0.25) is 9.59 Å². The van der Waals surface area contributed by atoms with Crippen molar-refractivity contribution in [2.24, 2.45) is 17.8 Å². The Hall–Kier alpha value is -3.68. The third kappa shape index (κ3) is 5.29. The van der Waals surface area contributed by atoms with Crippen molar-refractivity contribution >= 4 is 24.0 Å². The topological polar surface area (TPSA) is 93.2 Å². The van der Waals surface area contributed by atoms with Gasteiger partial charge in [-0.15, -0.1) is 0 Å². The van der Waals surface area contributed by atoms with Crippen LogP contribution in [-0.2, 0) is 19.1 Å². The first-order valence-corrected chi connectivity index (χ1v) is 13.5. The first kappa shape index (κ1) is 28.3. The summed E-state index contributed by atoms with van der Waals surface area (Å²) in [5.41, 5.74) is -0.264. The molecule has 8 nitrogen and oxygen atoms in total. The maximum absolute atomic E-state index is 14.1. The highest BCUT2D eigenvalue weighted by molar-refractivity contribution is 5.97. The predicted molar refractivity (Wildman–Crippen MR) is 145 cm³/mol. The van der Waals surface area contributed by atoms with Gasteiger partial charge in [-0.2, -0.15) is 0 Å². The van der Waals surface area contributed by atoms with Crippen LogP contribution in [0.15, 0.2) is 60.7 Å². The summed E-state index contributed by atoms with van der Waals surface area (Å²) in [6.07, 6.45) is -1.46. The molecule has 39 heavy (non-hydrogen) atoms. The van der Waals surface area contributed by atoms with E-state index in [1.807, 2.05) is 81.4 Å². The van der Waals surface area contributed by atoms with Gasteiger partial charge in [0.25, 0.3) is 0 Å². The number of nitrogens with zero attached hydrogens (tertiary/aromatic N) is 2. The number of amides is 4. The number of rotatable bonds is 7. The number of carbonyl (C=O) groups is 4. The molecule has 2 aromatic carbocycles. The second kappa shape index (κ2) is 10.5. The lowest BCUT2D eigenvalue weighted by atomic mass is 9.80. The summed E-state index contributed by atoms with van der Waals surface area (Å²) in [4.78, 5) is 56.1. The van der Waals surface area contributed by atoms with Crippen molar-refractivity contribution in [2.45, 2.75) is 78.2 Å². The maximum atomic E-state index is 14.1. The maximum Gasteiger partial charge on any atom is 0.417 e.